The number of piperidine rings is 1. The summed E-state index contributed by atoms with van der Waals surface area (Å²) in [6, 6.07) is 20.6. The first kappa shape index (κ1) is 23.9. The highest BCUT2D eigenvalue weighted by molar-refractivity contribution is 5.92. The summed E-state index contributed by atoms with van der Waals surface area (Å²) in [5, 5.41) is 19.0. The predicted octanol–water partition coefficient (Wildman–Crippen LogP) is 4.57. The maximum absolute atomic E-state index is 11.7. The van der Waals surface area contributed by atoms with Gasteiger partial charge in [0.15, 0.2) is 0 Å². The third-order valence-electron chi connectivity index (χ3n) is 6.57. The summed E-state index contributed by atoms with van der Waals surface area (Å²) in [5.41, 5.74) is 10.9. The molecule has 1 heterocycles. The first-order valence-electron chi connectivity index (χ1n) is 11.5. The normalized spacial score (nSPS) is 13.9. The van der Waals surface area contributed by atoms with Crippen LogP contribution in [0.4, 0.5) is 11.4 Å². The van der Waals surface area contributed by atoms with E-state index in [0.717, 1.165) is 37.1 Å². The molecule has 0 radical (unpaired) electrons. The molecule has 3 aromatic rings. The molecule has 0 aliphatic carbocycles. The summed E-state index contributed by atoms with van der Waals surface area (Å²) in [6.45, 7) is 6.05. The molecule has 0 bridgehead atoms. The molecule has 3 aromatic carbocycles. The molecule has 1 aliphatic heterocycles. The van der Waals surface area contributed by atoms with E-state index in [0.29, 0.717) is 30.3 Å². The zero-order valence-electron chi connectivity index (χ0n) is 19.4. The molecule has 35 heavy (non-hydrogen) atoms. The second kappa shape index (κ2) is 10.3. The largest absolute Gasteiger partial charge is 0.507 e. The molecular formula is C28H29N3O4. The number of nitrogens with zero attached hydrogens (tertiary/aromatic N) is 2. The van der Waals surface area contributed by atoms with E-state index in [1.165, 1.54) is 34.3 Å². The van der Waals surface area contributed by atoms with Crippen LogP contribution >= 0.6 is 0 Å². The van der Waals surface area contributed by atoms with Gasteiger partial charge in [-0.05, 0) is 59.7 Å². The van der Waals surface area contributed by atoms with Gasteiger partial charge in [0.05, 0.1) is 6.54 Å². The Hall–Kier alpha value is -4.26. The highest BCUT2D eigenvalue weighted by Gasteiger charge is 2.21. The summed E-state index contributed by atoms with van der Waals surface area (Å²) in [4.78, 5) is 26.6. The minimum atomic E-state index is -1.22. The molecule has 4 rings (SSSR count). The van der Waals surface area contributed by atoms with Gasteiger partial charge in [-0.1, -0.05) is 43.0 Å². The van der Waals surface area contributed by atoms with E-state index in [9.17, 15) is 14.7 Å². The molecule has 0 atom stereocenters. The fraction of sp³-hybridized carbons (Fsp3) is 0.214. The lowest BCUT2D eigenvalue weighted by atomic mass is 9.88. The average molecular weight is 472 g/mol. The van der Waals surface area contributed by atoms with E-state index in [4.69, 9.17) is 10.8 Å². The standard InChI is InChI=1S/C28H29N3O4/c1-19(29)21-6-8-24(9-7-21)30-14-12-23(13-15-30)22-4-2-20(3-5-22)17-31(18-32)25-10-11-26(28(34)35)27(33)16-25/h2-11,16,18,23,33H,1,12-15,17,29H2,(H,34,35). The lowest BCUT2D eigenvalue weighted by molar-refractivity contribution is -0.107. The van der Waals surface area contributed by atoms with Gasteiger partial charge in [0.25, 0.3) is 0 Å². The van der Waals surface area contributed by atoms with E-state index in [2.05, 4.69) is 35.7 Å². The molecule has 4 N–H and O–H groups in total. The van der Waals surface area contributed by atoms with Gasteiger partial charge in [-0.25, -0.2) is 4.79 Å². The van der Waals surface area contributed by atoms with Crippen molar-refractivity contribution in [1.29, 1.82) is 0 Å². The van der Waals surface area contributed by atoms with Gasteiger partial charge in [0, 0.05) is 36.2 Å². The number of nitrogens with two attached hydrogens (primary N) is 1. The van der Waals surface area contributed by atoms with Crippen LogP contribution < -0.4 is 15.5 Å². The monoisotopic (exact) mass is 471 g/mol. The molecule has 7 nitrogen and oxygen atoms in total. The van der Waals surface area contributed by atoms with Crippen molar-refractivity contribution < 1.29 is 19.8 Å². The molecule has 1 fully saturated rings. The van der Waals surface area contributed by atoms with Crippen molar-refractivity contribution in [2.24, 2.45) is 5.73 Å². The van der Waals surface area contributed by atoms with Gasteiger partial charge in [-0.3, -0.25) is 4.79 Å². The Morgan fingerprint density at radius 2 is 1.71 bits per heavy atom. The summed E-state index contributed by atoms with van der Waals surface area (Å²) >= 11 is 0. The van der Waals surface area contributed by atoms with E-state index < -0.39 is 5.97 Å². The third-order valence-corrected chi connectivity index (χ3v) is 6.57. The van der Waals surface area contributed by atoms with Gasteiger partial charge in [0.1, 0.15) is 11.3 Å². The van der Waals surface area contributed by atoms with Crippen LogP contribution in [0, 0.1) is 0 Å². The Bertz CT molecular complexity index is 1210. The lowest BCUT2D eigenvalue weighted by Gasteiger charge is -2.34. The fourth-order valence-electron chi connectivity index (χ4n) is 4.52. The Balaban J connectivity index is 1.36. The third kappa shape index (κ3) is 5.46. The number of aromatic carboxylic acids is 1. The Kier molecular flexibility index (Phi) is 7.06. The highest BCUT2D eigenvalue weighted by Crippen LogP contribution is 2.31. The van der Waals surface area contributed by atoms with Gasteiger partial charge in [0.2, 0.25) is 6.41 Å². The van der Waals surface area contributed by atoms with Crippen LogP contribution in [0.1, 0.15) is 45.8 Å². The quantitative estimate of drug-likeness (QED) is 0.416. The molecular weight excluding hydrogens is 442 g/mol. The Labute approximate surface area is 204 Å². The van der Waals surface area contributed by atoms with Gasteiger partial charge < -0.3 is 25.7 Å². The molecule has 1 saturated heterocycles. The van der Waals surface area contributed by atoms with Crippen LogP contribution in [0.15, 0.2) is 73.3 Å². The van der Waals surface area contributed by atoms with Crippen LogP contribution in [-0.4, -0.2) is 35.7 Å². The van der Waals surface area contributed by atoms with Gasteiger partial charge in [-0.2, -0.15) is 0 Å². The molecule has 0 unspecified atom stereocenters. The number of carbonyl (C=O) groups is 2. The van der Waals surface area contributed by atoms with Crippen molar-refractivity contribution in [2.75, 3.05) is 22.9 Å². The fourth-order valence-corrected chi connectivity index (χ4v) is 4.52. The van der Waals surface area contributed by atoms with Crippen LogP contribution in [0.3, 0.4) is 0 Å². The molecule has 7 heteroatoms. The topological polar surface area (TPSA) is 107 Å². The van der Waals surface area contributed by atoms with Gasteiger partial charge >= 0.3 is 5.97 Å². The van der Waals surface area contributed by atoms with Gasteiger partial charge in [-0.15, -0.1) is 0 Å². The predicted molar refractivity (Wildman–Crippen MR) is 138 cm³/mol. The average Bonchev–Trinajstić information content (AvgIpc) is 2.87. The number of aromatic hydroxyl groups is 1. The number of hydrogen-bond acceptors (Lipinski definition) is 5. The SMILES string of the molecule is C=C(N)c1ccc(N2CCC(c3ccc(CN(C=O)c4ccc(C(=O)O)c(O)c4)cc3)CC2)cc1. The van der Waals surface area contributed by atoms with Crippen LogP contribution in [-0.2, 0) is 11.3 Å². The second-order valence-electron chi connectivity index (χ2n) is 8.81. The maximum Gasteiger partial charge on any atom is 0.339 e. The van der Waals surface area contributed by atoms with Crippen molar-refractivity contribution in [3.05, 3.63) is 95.6 Å². The number of anilines is 2. The number of carboxylic acid groups (broad SMARTS) is 1. The van der Waals surface area contributed by atoms with Crippen molar-refractivity contribution in [3.8, 4) is 5.75 Å². The number of carbonyl (C=O) groups excluding carboxylic acids is 1. The van der Waals surface area contributed by atoms with E-state index in [-0.39, 0.29) is 11.3 Å². The maximum atomic E-state index is 11.7. The summed E-state index contributed by atoms with van der Waals surface area (Å²) in [6.07, 6.45) is 2.79. The number of hydrogen-bond donors (Lipinski definition) is 3. The highest BCUT2D eigenvalue weighted by atomic mass is 16.4. The Morgan fingerprint density at radius 1 is 1.06 bits per heavy atom. The van der Waals surface area contributed by atoms with Crippen molar-refractivity contribution in [3.63, 3.8) is 0 Å². The van der Waals surface area contributed by atoms with Crippen LogP contribution in [0.5, 0.6) is 5.75 Å². The summed E-state index contributed by atoms with van der Waals surface area (Å²) in [5.74, 6) is -1.11. The molecule has 180 valence electrons. The second-order valence-corrected chi connectivity index (χ2v) is 8.81. The number of rotatable bonds is 8. The zero-order chi connectivity index (χ0) is 24.9. The first-order valence-corrected chi connectivity index (χ1v) is 11.5. The summed E-state index contributed by atoms with van der Waals surface area (Å²) < 4.78 is 0. The lowest BCUT2D eigenvalue weighted by Crippen LogP contribution is -2.32. The number of carboxylic acids is 1. The van der Waals surface area contributed by atoms with E-state index in [1.807, 2.05) is 24.3 Å². The molecule has 1 amide bonds. The summed E-state index contributed by atoms with van der Waals surface area (Å²) in [7, 11) is 0. The van der Waals surface area contributed by atoms with E-state index >= 15 is 0 Å². The zero-order valence-corrected chi connectivity index (χ0v) is 19.4. The number of amides is 1. The van der Waals surface area contributed by atoms with Crippen LogP contribution in [0.2, 0.25) is 0 Å². The van der Waals surface area contributed by atoms with Crippen molar-refractivity contribution in [1.82, 2.24) is 0 Å². The minimum absolute atomic E-state index is 0.200. The number of phenols is 1. The molecule has 1 aliphatic rings. The Morgan fingerprint density at radius 3 is 2.26 bits per heavy atom. The first-order chi connectivity index (χ1) is 16.9. The molecule has 0 spiro atoms. The minimum Gasteiger partial charge on any atom is -0.507 e. The van der Waals surface area contributed by atoms with Crippen molar-refractivity contribution >= 4 is 29.5 Å². The van der Waals surface area contributed by atoms with Crippen LogP contribution in [0.25, 0.3) is 5.70 Å². The molecule has 0 aromatic heterocycles. The van der Waals surface area contributed by atoms with Crippen molar-refractivity contribution in [2.45, 2.75) is 25.3 Å². The smallest absolute Gasteiger partial charge is 0.339 e. The molecule has 0 saturated carbocycles. The van der Waals surface area contributed by atoms with E-state index in [1.54, 1.807) is 0 Å². The number of benzene rings is 3.